The van der Waals surface area contributed by atoms with Crippen LogP contribution in [0, 0.1) is 0 Å². The van der Waals surface area contributed by atoms with E-state index in [-0.39, 0.29) is 0 Å². The number of hydrogen-bond donors (Lipinski definition) is 2. The van der Waals surface area contributed by atoms with Crippen LogP contribution in [0.5, 0.6) is 5.75 Å². The molecule has 30 heavy (non-hydrogen) atoms. The summed E-state index contributed by atoms with van der Waals surface area (Å²) in [7, 11) is 0. The number of carbonyl (C=O) groups excluding carboxylic acids is 1. The third-order valence-corrected chi connectivity index (χ3v) is 4.56. The largest absolute Gasteiger partial charge is 0.492 e. The highest BCUT2D eigenvalue weighted by Crippen LogP contribution is 2.31. The highest BCUT2D eigenvalue weighted by molar-refractivity contribution is 6.06. The van der Waals surface area contributed by atoms with Gasteiger partial charge in [-0.1, -0.05) is 13.8 Å². The Balaban J connectivity index is 1.79. The topological polar surface area (TPSA) is 104 Å². The summed E-state index contributed by atoms with van der Waals surface area (Å²) in [6.45, 7) is 11.2. The number of nitrogen functional groups attached to an aromatic ring is 1. The Bertz CT molecular complexity index is 1050. The van der Waals surface area contributed by atoms with Crippen LogP contribution in [-0.2, 0) is 17.7 Å². The second-order valence-corrected chi connectivity index (χ2v) is 8.18. The predicted molar refractivity (Wildman–Crippen MR) is 119 cm³/mol. The van der Waals surface area contributed by atoms with Crippen molar-refractivity contribution in [1.29, 1.82) is 0 Å². The Hall–Kier alpha value is -3.03. The number of amides is 1. The molecule has 0 bridgehead atoms. The second-order valence-electron chi connectivity index (χ2n) is 8.18. The van der Waals surface area contributed by atoms with Gasteiger partial charge in [0.2, 0.25) is 0 Å². The number of aromatic nitrogens is 3. The van der Waals surface area contributed by atoms with E-state index >= 15 is 0 Å². The Kier molecular flexibility index (Phi) is 6.34. The highest BCUT2D eigenvalue weighted by atomic mass is 16.6. The second kappa shape index (κ2) is 8.77. The predicted octanol–water partition coefficient (Wildman–Crippen LogP) is 4.04. The first-order valence-corrected chi connectivity index (χ1v) is 10.4. The van der Waals surface area contributed by atoms with Gasteiger partial charge in [-0.25, -0.2) is 14.8 Å². The molecule has 8 nitrogen and oxygen atoms in total. The molecule has 1 amide bonds. The minimum atomic E-state index is -0.526. The van der Waals surface area contributed by atoms with E-state index < -0.39 is 11.7 Å². The lowest BCUT2D eigenvalue weighted by molar-refractivity contribution is 0.0520. The lowest BCUT2D eigenvalue weighted by atomic mass is 10.1. The molecule has 0 saturated heterocycles. The van der Waals surface area contributed by atoms with E-state index in [4.69, 9.17) is 20.2 Å². The van der Waals surface area contributed by atoms with Crippen molar-refractivity contribution < 1.29 is 14.3 Å². The van der Waals surface area contributed by atoms with E-state index in [1.54, 1.807) is 0 Å². The number of fused-ring (bicyclic) bond motifs is 3. The zero-order chi connectivity index (χ0) is 21.9. The Morgan fingerprint density at radius 1 is 1.23 bits per heavy atom. The van der Waals surface area contributed by atoms with Gasteiger partial charge >= 0.3 is 6.09 Å². The van der Waals surface area contributed by atoms with E-state index in [9.17, 15) is 4.79 Å². The molecule has 0 atom stereocenters. The van der Waals surface area contributed by atoms with E-state index in [1.807, 2.05) is 39.0 Å². The van der Waals surface area contributed by atoms with Crippen molar-refractivity contribution in [2.45, 2.75) is 59.6 Å². The van der Waals surface area contributed by atoms with Crippen LogP contribution in [0.4, 0.5) is 10.6 Å². The van der Waals surface area contributed by atoms with Gasteiger partial charge in [0.1, 0.15) is 29.3 Å². The third kappa shape index (κ3) is 4.75. The van der Waals surface area contributed by atoms with Crippen molar-refractivity contribution in [3.63, 3.8) is 0 Å². The van der Waals surface area contributed by atoms with Gasteiger partial charge in [-0.3, -0.25) is 0 Å². The van der Waals surface area contributed by atoms with Gasteiger partial charge in [0.15, 0.2) is 5.82 Å². The zero-order valence-electron chi connectivity index (χ0n) is 18.4. The van der Waals surface area contributed by atoms with Crippen LogP contribution in [0.25, 0.3) is 21.9 Å². The maximum atomic E-state index is 11.7. The molecule has 8 heteroatoms. The minimum Gasteiger partial charge on any atom is -0.492 e. The van der Waals surface area contributed by atoms with E-state index in [1.165, 1.54) is 0 Å². The first kappa shape index (κ1) is 21.7. The van der Waals surface area contributed by atoms with Crippen molar-refractivity contribution in [3.8, 4) is 5.75 Å². The number of rotatable bonds is 7. The van der Waals surface area contributed by atoms with Crippen LogP contribution in [0.1, 0.15) is 46.9 Å². The van der Waals surface area contributed by atoms with Crippen LogP contribution in [-0.4, -0.2) is 39.4 Å². The van der Waals surface area contributed by atoms with Crippen molar-refractivity contribution in [3.05, 3.63) is 24.0 Å². The number of nitrogens with one attached hydrogen (secondary N) is 1. The lowest BCUT2D eigenvalue weighted by Crippen LogP contribution is -2.34. The van der Waals surface area contributed by atoms with Gasteiger partial charge in [-0.15, -0.1) is 0 Å². The van der Waals surface area contributed by atoms with Crippen LogP contribution in [0.15, 0.2) is 18.2 Å². The molecule has 2 aromatic heterocycles. The number of alkyl carbamates (subject to hydrolysis) is 1. The van der Waals surface area contributed by atoms with Gasteiger partial charge in [0.25, 0.3) is 0 Å². The molecule has 0 saturated carbocycles. The fourth-order valence-corrected chi connectivity index (χ4v) is 3.40. The standard InChI is InChI=1S/C22H31N5O3/c1-6-11-27-17(7-2)26-18-19(27)15-9-8-14(13-16(15)25-20(18)23)29-12-10-24-21(28)30-22(3,4)5/h8-9,13H,6-7,10-12H2,1-5H3,(H2,23,25)(H,24,28). The van der Waals surface area contributed by atoms with E-state index in [0.29, 0.717) is 24.7 Å². The van der Waals surface area contributed by atoms with Crippen molar-refractivity contribution in [2.75, 3.05) is 18.9 Å². The number of pyridine rings is 1. The highest BCUT2D eigenvalue weighted by Gasteiger charge is 2.17. The molecule has 162 valence electrons. The number of benzene rings is 1. The van der Waals surface area contributed by atoms with Gasteiger partial charge in [-0.2, -0.15) is 0 Å². The molecule has 3 rings (SSSR count). The Morgan fingerprint density at radius 2 is 2.00 bits per heavy atom. The number of aryl methyl sites for hydroxylation is 2. The summed E-state index contributed by atoms with van der Waals surface area (Å²) in [4.78, 5) is 21.0. The molecular weight excluding hydrogens is 382 g/mol. The van der Waals surface area contributed by atoms with Crippen LogP contribution >= 0.6 is 0 Å². The monoisotopic (exact) mass is 413 g/mol. The first-order chi connectivity index (χ1) is 14.2. The van der Waals surface area contributed by atoms with Crippen LogP contribution < -0.4 is 15.8 Å². The maximum absolute atomic E-state index is 11.7. The molecule has 0 radical (unpaired) electrons. The number of imidazole rings is 1. The van der Waals surface area contributed by atoms with Gasteiger partial charge in [0, 0.05) is 24.4 Å². The van der Waals surface area contributed by atoms with Crippen LogP contribution in [0.3, 0.4) is 0 Å². The van der Waals surface area contributed by atoms with E-state index in [0.717, 1.165) is 47.1 Å². The van der Waals surface area contributed by atoms with Crippen molar-refractivity contribution in [2.24, 2.45) is 0 Å². The maximum Gasteiger partial charge on any atom is 0.407 e. The third-order valence-electron chi connectivity index (χ3n) is 4.56. The summed E-state index contributed by atoms with van der Waals surface area (Å²) in [5, 5.41) is 3.68. The summed E-state index contributed by atoms with van der Waals surface area (Å²) in [5.41, 5.74) is 8.23. The molecule has 0 aliphatic heterocycles. The molecule has 0 aliphatic rings. The number of nitrogens with two attached hydrogens (primary N) is 1. The molecule has 0 aliphatic carbocycles. The summed E-state index contributed by atoms with van der Waals surface area (Å²) in [6.07, 6.45) is 1.38. The molecule has 2 heterocycles. The number of ether oxygens (including phenoxy) is 2. The molecule has 0 spiro atoms. The van der Waals surface area contributed by atoms with E-state index in [2.05, 4.69) is 28.7 Å². The summed E-state index contributed by atoms with van der Waals surface area (Å²) in [5.74, 6) is 2.10. The summed E-state index contributed by atoms with van der Waals surface area (Å²) >= 11 is 0. The van der Waals surface area contributed by atoms with Gasteiger partial charge in [0.05, 0.1) is 17.6 Å². The quantitative estimate of drug-likeness (QED) is 0.567. The minimum absolute atomic E-state index is 0.316. The Labute approximate surface area is 176 Å². The number of hydrogen-bond acceptors (Lipinski definition) is 6. The Morgan fingerprint density at radius 3 is 2.67 bits per heavy atom. The number of anilines is 1. The summed E-state index contributed by atoms with van der Waals surface area (Å²) in [6, 6.07) is 5.77. The summed E-state index contributed by atoms with van der Waals surface area (Å²) < 4.78 is 13.2. The first-order valence-electron chi connectivity index (χ1n) is 10.4. The molecule has 0 unspecified atom stereocenters. The average Bonchev–Trinajstić information content (AvgIpc) is 3.03. The number of nitrogens with zero attached hydrogens (tertiary/aromatic N) is 3. The smallest absolute Gasteiger partial charge is 0.407 e. The average molecular weight is 414 g/mol. The molecule has 1 aromatic carbocycles. The lowest BCUT2D eigenvalue weighted by Gasteiger charge is -2.19. The SMILES string of the molecule is CCCn1c(CC)nc2c(N)nc3cc(OCCNC(=O)OC(C)(C)C)ccc3c21. The molecule has 3 aromatic rings. The molecular formula is C22H31N5O3. The number of carbonyl (C=O) groups is 1. The fraction of sp³-hybridized carbons (Fsp3) is 0.500. The zero-order valence-corrected chi connectivity index (χ0v) is 18.4. The normalized spacial score (nSPS) is 11.8. The molecule has 3 N–H and O–H groups in total. The van der Waals surface area contributed by atoms with Gasteiger partial charge < -0.3 is 25.1 Å². The van der Waals surface area contributed by atoms with Gasteiger partial charge in [-0.05, 0) is 39.3 Å². The van der Waals surface area contributed by atoms with Crippen molar-refractivity contribution >= 4 is 33.8 Å². The van der Waals surface area contributed by atoms with Crippen LogP contribution in [0.2, 0.25) is 0 Å². The fourth-order valence-electron chi connectivity index (χ4n) is 3.40. The molecule has 0 fully saturated rings. The van der Waals surface area contributed by atoms with Crippen molar-refractivity contribution in [1.82, 2.24) is 19.9 Å².